The van der Waals surface area contributed by atoms with Crippen LogP contribution >= 0.6 is 0 Å². The molecule has 18 heavy (non-hydrogen) atoms. The third kappa shape index (κ3) is 6.13. The number of hydrogen-bond acceptors (Lipinski definition) is 4. The van der Waals surface area contributed by atoms with Crippen molar-refractivity contribution >= 4 is 10.0 Å². The average molecular weight is 280 g/mol. The summed E-state index contributed by atoms with van der Waals surface area (Å²) in [6.45, 7) is 8.75. The first-order valence-electron chi connectivity index (χ1n) is 6.70. The van der Waals surface area contributed by atoms with Crippen molar-refractivity contribution in [3.05, 3.63) is 0 Å². The van der Waals surface area contributed by atoms with Gasteiger partial charge in [0.1, 0.15) is 0 Å². The van der Waals surface area contributed by atoms with Gasteiger partial charge in [0.2, 0.25) is 10.0 Å². The molecule has 6 heteroatoms. The number of rotatable bonds is 10. The molecule has 0 unspecified atom stereocenters. The Bertz CT molecular complexity index is 300. The van der Waals surface area contributed by atoms with Gasteiger partial charge in [0.05, 0.1) is 18.5 Å². The fourth-order valence-electron chi connectivity index (χ4n) is 1.88. The van der Waals surface area contributed by atoms with Crippen molar-refractivity contribution < 1.29 is 13.2 Å². The molecule has 0 spiro atoms. The predicted octanol–water partition coefficient (Wildman–Crippen LogP) is 1.19. The molecule has 0 aliphatic carbocycles. The Balaban J connectivity index is 4.65. The Morgan fingerprint density at radius 3 is 2.17 bits per heavy atom. The molecule has 110 valence electrons. The van der Waals surface area contributed by atoms with Gasteiger partial charge >= 0.3 is 0 Å². The lowest BCUT2D eigenvalue weighted by molar-refractivity contribution is 0.0904. The summed E-state index contributed by atoms with van der Waals surface area (Å²) in [7, 11) is -3.28. The van der Waals surface area contributed by atoms with Crippen molar-refractivity contribution in [2.45, 2.75) is 52.7 Å². The number of ether oxygens (including phenoxy) is 1. The molecule has 0 amide bonds. The van der Waals surface area contributed by atoms with E-state index in [1.54, 1.807) is 0 Å². The lowest BCUT2D eigenvalue weighted by Crippen LogP contribution is -2.44. The zero-order valence-corrected chi connectivity index (χ0v) is 12.9. The van der Waals surface area contributed by atoms with E-state index in [4.69, 9.17) is 10.5 Å². The molecule has 0 aliphatic rings. The molecule has 0 saturated carbocycles. The average Bonchev–Trinajstić information content (AvgIpc) is 2.28. The summed E-state index contributed by atoms with van der Waals surface area (Å²) in [6.07, 6.45) is 1.66. The molecule has 0 heterocycles. The molecule has 0 aromatic carbocycles. The molecule has 0 aliphatic heterocycles. The van der Waals surface area contributed by atoms with Gasteiger partial charge in [-0.25, -0.2) is 8.42 Å². The second-order valence-electron chi connectivity index (χ2n) is 4.61. The first-order valence-corrected chi connectivity index (χ1v) is 8.31. The van der Waals surface area contributed by atoms with E-state index in [1.807, 2.05) is 27.7 Å². The normalized spacial score (nSPS) is 12.9. The number of hydrogen-bond donors (Lipinski definition) is 1. The van der Waals surface area contributed by atoms with Gasteiger partial charge < -0.3 is 10.5 Å². The highest BCUT2D eigenvalue weighted by Gasteiger charge is 2.27. The maximum atomic E-state index is 12.3. The van der Waals surface area contributed by atoms with Gasteiger partial charge in [-0.1, -0.05) is 13.8 Å². The predicted molar refractivity (Wildman–Crippen MR) is 75.0 cm³/mol. The van der Waals surface area contributed by atoms with Crippen molar-refractivity contribution in [2.24, 2.45) is 5.73 Å². The van der Waals surface area contributed by atoms with Crippen LogP contribution in [0, 0.1) is 0 Å². The molecule has 0 saturated heterocycles. The van der Waals surface area contributed by atoms with E-state index in [-0.39, 0.29) is 24.5 Å². The van der Waals surface area contributed by atoms with E-state index in [1.165, 1.54) is 4.31 Å². The third-order valence-corrected chi connectivity index (χ3v) is 4.73. The van der Waals surface area contributed by atoms with Gasteiger partial charge in [0, 0.05) is 19.1 Å². The number of sulfonamides is 1. The minimum absolute atomic E-state index is 0.0294. The molecule has 2 N–H and O–H groups in total. The highest BCUT2D eigenvalue weighted by atomic mass is 32.2. The van der Waals surface area contributed by atoms with Gasteiger partial charge in [-0.2, -0.15) is 4.31 Å². The Morgan fingerprint density at radius 2 is 1.78 bits per heavy atom. The number of nitrogens with two attached hydrogens (primary N) is 1. The fraction of sp³-hybridized carbons (Fsp3) is 1.00. The summed E-state index contributed by atoms with van der Waals surface area (Å²) in [5.74, 6) is 0.0294. The van der Waals surface area contributed by atoms with Crippen LogP contribution in [0.4, 0.5) is 0 Å². The molecule has 0 aromatic heterocycles. The lowest BCUT2D eigenvalue weighted by Gasteiger charge is -2.29. The SMILES string of the molecule is CCC(CC)N(CCN)S(=O)(=O)CCOC(C)C. The van der Waals surface area contributed by atoms with E-state index in [0.717, 1.165) is 12.8 Å². The van der Waals surface area contributed by atoms with Gasteiger partial charge in [-0.15, -0.1) is 0 Å². The molecule has 0 rings (SSSR count). The first kappa shape index (κ1) is 17.8. The highest BCUT2D eigenvalue weighted by Crippen LogP contribution is 2.14. The van der Waals surface area contributed by atoms with E-state index >= 15 is 0 Å². The smallest absolute Gasteiger partial charge is 0.216 e. The summed E-state index contributed by atoms with van der Waals surface area (Å²) in [6, 6.07) is 0.0394. The van der Waals surface area contributed by atoms with Crippen molar-refractivity contribution in [3.8, 4) is 0 Å². The second-order valence-corrected chi connectivity index (χ2v) is 6.65. The summed E-state index contributed by atoms with van der Waals surface area (Å²) >= 11 is 0. The van der Waals surface area contributed by atoms with Crippen molar-refractivity contribution in [1.29, 1.82) is 0 Å². The van der Waals surface area contributed by atoms with Crippen molar-refractivity contribution in [3.63, 3.8) is 0 Å². The monoisotopic (exact) mass is 280 g/mol. The lowest BCUT2D eigenvalue weighted by atomic mass is 10.2. The molecule has 5 nitrogen and oxygen atoms in total. The molecule has 0 radical (unpaired) electrons. The van der Waals surface area contributed by atoms with Gasteiger partial charge in [-0.3, -0.25) is 0 Å². The van der Waals surface area contributed by atoms with Crippen LogP contribution in [0.15, 0.2) is 0 Å². The molecular weight excluding hydrogens is 252 g/mol. The second kappa shape index (κ2) is 8.85. The van der Waals surface area contributed by atoms with Crippen LogP contribution in [-0.2, 0) is 14.8 Å². The van der Waals surface area contributed by atoms with E-state index < -0.39 is 10.0 Å². The topological polar surface area (TPSA) is 72.6 Å². The van der Waals surface area contributed by atoms with Crippen molar-refractivity contribution in [2.75, 3.05) is 25.4 Å². The first-order chi connectivity index (χ1) is 8.38. The van der Waals surface area contributed by atoms with Crippen LogP contribution in [0.25, 0.3) is 0 Å². The van der Waals surface area contributed by atoms with Crippen LogP contribution < -0.4 is 5.73 Å². The standard InChI is InChI=1S/C12H28N2O3S/c1-5-12(6-2)14(8-7-13)18(15,16)10-9-17-11(3)4/h11-12H,5-10,13H2,1-4H3. The molecule has 0 bridgehead atoms. The van der Waals surface area contributed by atoms with Gasteiger partial charge in [0.15, 0.2) is 0 Å². The van der Waals surface area contributed by atoms with E-state index in [9.17, 15) is 8.42 Å². The molecular formula is C12H28N2O3S. The van der Waals surface area contributed by atoms with Crippen LogP contribution in [0.3, 0.4) is 0 Å². The Hall–Kier alpha value is -0.170. The van der Waals surface area contributed by atoms with Crippen LogP contribution in [0.2, 0.25) is 0 Å². The highest BCUT2D eigenvalue weighted by molar-refractivity contribution is 7.89. The maximum Gasteiger partial charge on any atom is 0.216 e. The van der Waals surface area contributed by atoms with Crippen LogP contribution in [-0.4, -0.2) is 50.3 Å². The minimum atomic E-state index is -3.28. The Kier molecular flexibility index (Phi) is 8.77. The summed E-state index contributed by atoms with van der Waals surface area (Å²) in [4.78, 5) is 0. The summed E-state index contributed by atoms with van der Waals surface area (Å²) in [5.41, 5.74) is 5.51. The maximum absolute atomic E-state index is 12.3. The molecule has 0 aromatic rings. The summed E-state index contributed by atoms with van der Waals surface area (Å²) in [5, 5.41) is 0. The third-order valence-electron chi connectivity index (χ3n) is 2.85. The van der Waals surface area contributed by atoms with E-state index in [2.05, 4.69) is 0 Å². The Morgan fingerprint density at radius 1 is 1.22 bits per heavy atom. The quantitative estimate of drug-likeness (QED) is 0.652. The van der Waals surface area contributed by atoms with Crippen molar-refractivity contribution in [1.82, 2.24) is 4.31 Å². The minimum Gasteiger partial charge on any atom is -0.378 e. The zero-order chi connectivity index (χ0) is 14.2. The van der Waals surface area contributed by atoms with Gasteiger partial charge in [-0.05, 0) is 26.7 Å². The van der Waals surface area contributed by atoms with Gasteiger partial charge in [0.25, 0.3) is 0 Å². The molecule has 0 fully saturated rings. The van der Waals surface area contributed by atoms with E-state index in [0.29, 0.717) is 13.1 Å². The number of nitrogens with zero attached hydrogens (tertiary/aromatic N) is 1. The Labute approximate surface area is 112 Å². The molecule has 0 atom stereocenters. The summed E-state index contributed by atoms with van der Waals surface area (Å²) < 4.78 is 31.4. The fourth-order valence-corrected chi connectivity index (χ4v) is 3.56. The largest absolute Gasteiger partial charge is 0.378 e. The van der Waals surface area contributed by atoms with Crippen LogP contribution in [0.5, 0.6) is 0 Å². The van der Waals surface area contributed by atoms with Crippen LogP contribution in [0.1, 0.15) is 40.5 Å². The zero-order valence-electron chi connectivity index (χ0n) is 12.1.